The average Bonchev–Trinajstić information content (AvgIpc) is 2.55. The molecule has 0 saturated heterocycles. The van der Waals surface area contributed by atoms with E-state index in [1.807, 2.05) is 24.3 Å². The summed E-state index contributed by atoms with van der Waals surface area (Å²) >= 11 is 4.48. The van der Waals surface area contributed by atoms with Gasteiger partial charge < -0.3 is 10.2 Å². The van der Waals surface area contributed by atoms with Gasteiger partial charge in [0, 0.05) is 23.0 Å². The highest BCUT2D eigenvalue weighted by atomic mass is 32.1. The molecule has 1 N–H and O–H groups in total. The lowest BCUT2D eigenvalue weighted by Crippen LogP contribution is -2.30. The average molecular weight is 317 g/mol. The molecule has 118 valence electrons. The van der Waals surface area contributed by atoms with Crippen molar-refractivity contribution in [2.45, 2.75) is 25.2 Å². The van der Waals surface area contributed by atoms with Gasteiger partial charge in [-0.05, 0) is 38.2 Å². The predicted molar refractivity (Wildman–Crippen MR) is 93.7 cm³/mol. The lowest BCUT2D eigenvalue weighted by atomic mass is 10.1. The third-order valence-corrected chi connectivity index (χ3v) is 4.28. The Morgan fingerprint density at radius 3 is 2.77 bits per heavy atom. The van der Waals surface area contributed by atoms with Crippen LogP contribution in [0.2, 0.25) is 0 Å². The number of amides is 1. The summed E-state index contributed by atoms with van der Waals surface area (Å²) in [7, 11) is 0. The minimum Gasteiger partial charge on any atom is -0.352 e. The van der Waals surface area contributed by atoms with Gasteiger partial charge in [-0.15, -0.1) is 12.6 Å². The Kier molecular flexibility index (Phi) is 6.21. The predicted octanol–water partition coefficient (Wildman–Crippen LogP) is 2.99. The number of benzene rings is 1. The third-order valence-electron chi connectivity index (χ3n) is 3.82. The van der Waals surface area contributed by atoms with Crippen LogP contribution in [0.4, 0.5) is 0 Å². The Labute approximate surface area is 137 Å². The molecule has 22 heavy (non-hydrogen) atoms. The summed E-state index contributed by atoms with van der Waals surface area (Å²) in [6.45, 7) is 8.06. The number of rotatable bonds is 7. The van der Waals surface area contributed by atoms with E-state index < -0.39 is 0 Å². The van der Waals surface area contributed by atoms with Crippen molar-refractivity contribution in [2.24, 2.45) is 0 Å². The third kappa shape index (κ3) is 3.99. The first kappa shape index (κ1) is 16.8. The van der Waals surface area contributed by atoms with E-state index in [0.29, 0.717) is 17.0 Å². The summed E-state index contributed by atoms with van der Waals surface area (Å²) in [5, 5.41) is 3.96. The number of carbonyl (C=O) groups excluding carboxylic acids is 1. The van der Waals surface area contributed by atoms with Gasteiger partial charge in [0.1, 0.15) is 0 Å². The van der Waals surface area contributed by atoms with Gasteiger partial charge in [-0.25, -0.2) is 0 Å². The van der Waals surface area contributed by atoms with E-state index in [2.05, 4.69) is 41.7 Å². The highest BCUT2D eigenvalue weighted by Gasteiger charge is 2.12. The van der Waals surface area contributed by atoms with E-state index >= 15 is 0 Å². The number of pyridine rings is 1. The van der Waals surface area contributed by atoms with E-state index in [4.69, 9.17) is 0 Å². The van der Waals surface area contributed by atoms with Gasteiger partial charge >= 0.3 is 0 Å². The Hall–Kier alpha value is -1.59. The number of aromatic nitrogens is 1. The highest BCUT2D eigenvalue weighted by Crippen LogP contribution is 2.23. The van der Waals surface area contributed by atoms with Gasteiger partial charge in [-0.2, -0.15) is 0 Å². The van der Waals surface area contributed by atoms with Crippen LogP contribution >= 0.6 is 12.6 Å². The normalized spacial score (nSPS) is 11.1. The fraction of sp³-hybridized carbons (Fsp3) is 0.412. The smallest absolute Gasteiger partial charge is 0.252 e. The van der Waals surface area contributed by atoms with Crippen molar-refractivity contribution < 1.29 is 4.79 Å². The van der Waals surface area contributed by atoms with E-state index in [1.54, 1.807) is 6.20 Å². The van der Waals surface area contributed by atoms with Crippen molar-refractivity contribution in [1.29, 1.82) is 0 Å². The molecule has 0 aliphatic heterocycles. The van der Waals surface area contributed by atoms with E-state index in [1.165, 1.54) is 0 Å². The van der Waals surface area contributed by atoms with Crippen molar-refractivity contribution in [2.75, 3.05) is 26.2 Å². The SMILES string of the molecule is CCN(CC)CCCNC(=O)c1ccc2cccnc2c1S. The van der Waals surface area contributed by atoms with Gasteiger partial charge in [0.2, 0.25) is 0 Å². The van der Waals surface area contributed by atoms with Gasteiger partial charge in [0.05, 0.1) is 11.1 Å². The molecule has 2 aromatic rings. The second-order valence-corrected chi connectivity index (χ2v) is 5.62. The molecule has 0 aliphatic carbocycles. The van der Waals surface area contributed by atoms with Crippen LogP contribution in [0.25, 0.3) is 10.9 Å². The van der Waals surface area contributed by atoms with Crippen LogP contribution in [0.1, 0.15) is 30.6 Å². The Bertz CT molecular complexity index is 641. The first-order chi connectivity index (χ1) is 10.7. The van der Waals surface area contributed by atoms with Crippen LogP contribution in [0, 0.1) is 0 Å². The van der Waals surface area contributed by atoms with Crippen LogP contribution in [0.15, 0.2) is 35.4 Å². The molecule has 2 rings (SSSR count). The number of thiol groups is 1. The zero-order chi connectivity index (χ0) is 15.9. The monoisotopic (exact) mass is 317 g/mol. The van der Waals surface area contributed by atoms with Crippen molar-refractivity contribution in [3.8, 4) is 0 Å². The number of hydrogen-bond donors (Lipinski definition) is 2. The molecule has 1 amide bonds. The molecule has 1 aromatic heterocycles. The molecule has 0 fully saturated rings. The minimum atomic E-state index is -0.0860. The molecule has 0 saturated carbocycles. The maximum absolute atomic E-state index is 12.3. The molecule has 0 radical (unpaired) electrons. The Morgan fingerprint density at radius 2 is 2.05 bits per heavy atom. The van der Waals surface area contributed by atoms with Crippen LogP contribution in [-0.2, 0) is 0 Å². The first-order valence-corrected chi connectivity index (χ1v) is 8.19. The zero-order valence-corrected chi connectivity index (χ0v) is 14.1. The summed E-state index contributed by atoms with van der Waals surface area (Å²) in [6, 6.07) is 7.56. The fourth-order valence-corrected chi connectivity index (χ4v) is 2.82. The summed E-state index contributed by atoms with van der Waals surface area (Å²) in [4.78, 5) is 19.6. The number of nitrogens with zero attached hydrogens (tertiary/aromatic N) is 2. The van der Waals surface area contributed by atoms with Crippen molar-refractivity contribution in [3.63, 3.8) is 0 Å². The van der Waals surface area contributed by atoms with Crippen molar-refractivity contribution in [3.05, 3.63) is 36.0 Å². The molecule has 0 unspecified atom stereocenters. The number of fused-ring (bicyclic) bond motifs is 1. The molecule has 5 heteroatoms. The molecule has 4 nitrogen and oxygen atoms in total. The molecule has 0 bridgehead atoms. The van der Waals surface area contributed by atoms with Gasteiger partial charge in [0.25, 0.3) is 5.91 Å². The second kappa shape index (κ2) is 8.15. The zero-order valence-electron chi connectivity index (χ0n) is 13.2. The maximum Gasteiger partial charge on any atom is 0.252 e. The summed E-state index contributed by atoms with van der Waals surface area (Å²) in [5.74, 6) is -0.0860. The maximum atomic E-state index is 12.3. The Morgan fingerprint density at radius 1 is 1.27 bits per heavy atom. The van der Waals surface area contributed by atoms with Crippen LogP contribution < -0.4 is 5.32 Å². The first-order valence-electron chi connectivity index (χ1n) is 7.74. The van der Waals surface area contributed by atoms with Gasteiger partial charge in [-0.3, -0.25) is 9.78 Å². The molecule has 0 atom stereocenters. The number of hydrogen-bond acceptors (Lipinski definition) is 4. The van der Waals surface area contributed by atoms with Crippen LogP contribution in [-0.4, -0.2) is 42.0 Å². The van der Waals surface area contributed by atoms with E-state index in [-0.39, 0.29) is 5.91 Å². The van der Waals surface area contributed by atoms with Gasteiger partial charge in [0.15, 0.2) is 0 Å². The molecular weight excluding hydrogens is 294 g/mol. The summed E-state index contributed by atoms with van der Waals surface area (Å²) < 4.78 is 0. The number of nitrogens with one attached hydrogen (secondary N) is 1. The van der Waals surface area contributed by atoms with Crippen molar-refractivity contribution in [1.82, 2.24) is 15.2 Å². The second-order valence-electron chi connectivity index (χ2n) is 5.17. The highest BCUT2D eigenvalue weighted by molar-refractivity contribution is 7.80. The van der Waals surface area contributed by atoms with E-state index in [0.717, 1.165) is 37.0 Å². The summed E-state index contributed by atoms with van der Waals surface area (Å²) in [5.41, 5.74) is 1.35. The topological polar surface area (TPSA) is 45.2 Å². The molecule has 0 aliphatic rings. The largest absolute Gasteiger partial charge is 0.352 e. The van der Waals surface area contributed by atoms with Crippen LogP contribution in [0.3, 0.4) is 0 Å². The lowest BCUT2D eigenvalue weighted by Gasteiger charge is -2.17. The fourth-order valence-electron chi connectivity index (χ4n) is 2.45. The number of carbonyl (C=O) groups is 1. The molecule has 0 spiro atoms. The molecular formula is C17H23N3OS. The lowest BCUT2D eigenvalue weighted by molar-refractivity contribution is 0.0949. The Balaban J connectivity index is 1.97. The van der Waals surface area contributed by atoms with Crippen LogP contribution in [0.5, 0.6) is 0 Å². The van der Waals surface area contributed by atoms with Crippen molar-refractivity contribution >= 4 is 29.4 Å². The standard InChI is InChI=1S/C17H23N3OS/c1-3-20(4-2)12-6-11-19-17(21)14-9-8-13-7-5-10-18-15(13)16(14)22/h5,7-10,22H,3-4,6,11-12H2,1-2H3,(H,19,21). The summed E-state index contributed by atoms with van der Waals surface area (Å²) in [6.07, 6.45) is 2.66. The van der Waals surface area contributed by atoms with Gasteiger partial charge in [-0.1, -0.05) is 26.0 Å². The molecule has 1 heterocycles. The van der Waals surface area contributed by atoms with E-state index in [9.17, 15) is 4.79 Å². The minimum absolute atomic E-state index is 0.0860. The quantitative estimate of drug-likeness (QED) is 0.609. The molecule has 1 aromatic carbocycles.